The molecule has 6 rings (SSSR count). The van der Waals surface area contributed by atoms with E-state index in [1.54, 1.807) is 9.58 Å². The van der Waals surface area contributed by atoms with Crippen LogP contribution in [0.5, 0.6) is 0 Å². The summed E-state index contributed by atoms with van der Waals surface area (Å²) in [6, 6.07) is 20.1. The number of ketones is 1. The molecule has 0 bridgehead atoms. The molecule has 1 unspecified atom stereocenters. The van der Waals surface area contributed by atoms with Crippen molar-refractivity contribution in [1.29, 1.82) is 5.26 Å². The third-order valence-electron chi connectivity index (χ3n) is 7.28. The Labute approximate surface area is 235 Å². The number of nitriles is 1. The molecule has 2 aromatic carbocycles. The smallest absolute Gasteiger partial charge is 0.195 e. The lowest BCUT2D eigenvalue weighted by atomic mass is 9.76. The second kappa shape index (κ2) is 9.84. The quantitative estimate of drug-likeness (QED) is 0.307. The first kappa shape index (κ1) is 25.1. The van der Waals surface area contributed by atoms with E-state index in [0.29, 0.717) is 46.4 Å². The van der Waals surface area contributed by atoms with Crippen molar-refractivity contribution in [2.24, 2.45) is 5.73 Å². The lowest BCUT2D eigenvalue weighted by molar-refractivity contribution is -0.116. The van der Waals surface area contributed by atoms with E-state index < -0.39 is 5.92 Å². The van der Waals surface area contributed by atoms with Gasteiger partial charge in [-0.1, -0.05) is 59.6 Å². The van der Waals surface area contributed by atoms with Gasteiger partial charge in [-0.3, -0.25) is 9.69 Å². The minimum Gasteiger partial charge on any atom is -0.384 e. The van der Waals surface area contributed by atoms with Gasteiger partial charge in [-0.15, -0.1) is 11.3 Å². The summed E-state index contributed by atoms with van der Waals surface area (Å²) in [5.41, 5.74) is 13.4. The molecule has 9 heteroatoms. The number of hydrogen-bond acceptors (Lipinski definition) is 7. The molecule has 0 amide bonds. The highest BCUT2D eigenvalue weighted by atomic mass is 35.5. The Morgan fingerprint density at radius 3 is 2.56 bits per heavy atom. The number of halogens is 1. The van der Waals surface area contributed by atoms with E-state index in [4.69, 9.17) is 27.4 Å². The maximum Gasteiger partial charge on any atom is 0.195 e. The number of rotatable bonds is 4. The molecule has 3 heterocycles. The van der Waals surface area contributed by atoms with Crippen LogP contribution in [0.2, 0.25) is 5.15 Å². The fourth-order valence-corrected chi connectivity index (χ4v) is 6.65. The summed E-state index contributed by atoms with van der Waals surface area (Å²) in [6.45, 7) is 3.86. The van der Waals surface area contributed by atoms with Gasteiger partial charge in [-0.25, -0.2) is 9.67 Å². The van der Waals surface area contributed by atoms with E-state index in [-0.39, 0.29) is 17.2 Å². The summed E-state index contributed by atoms with van der Waals surface area (Å²) in [7, 11) is 0. The summed E-state index contributed by atoms with van der Waals surface area (Å²) in [4.78, 5) is 20.2. The maximum absolute atomic E-state index is 13.6. The van der Waals surface area contributed by atoms with Gasteiger partial charge in [0, 0.05) is 34.2 Å². The molecule has 2 aliphatic rings. The molecule has 4 aromatic rings. The van der Waals surface area contributed by atoms with Gasteiger partial charge in [0.05, 0.1) is 34.6 Å². The predicted molar refractivity (Wildman–Crippen MR) is 154 cm³/mol. The Morgan fingerprint density at radius 1 is 1.10 bits per heavy atom. The fourth-order valence-electron chi connectivity index (χ4n) is 5.40. The van der Waals surface area contributed by atoms with Crippen molar-refractivity contribution >= 4 is 33.9 Å². The van der Waals surface area contributed by atoms with Crippen LogP contribution < -0.4 is 10.6 Å². The topological polar surface area (TPSA) is 101 Å². The SMILES string of the molecule is Cc1ccc(-n2nc(C)c(C3C(C#N)=C(N)N(c4nc(-c5ccccc5)cs4)C4=C3C(=O)CCC4)c2Cl)cc1. The van der Waals surface area contributed by atoms with Gasteiger partial charge in [-0.05, 0) is 38.8 Å². The van der Waals surface area contributed by atoms with Crippen molar-refractivity contribution < 1.29 is 4.79 Å². The number of aromatic nitrogens is 3. The molecule has 0 fully saturated rings. The van der Waals surface area contributed by atoms with Crippen LogP contribution >= 0.6 is 22.9 Å². The summed E-state index contributed by atoms with van der Waals surface area (Å²) in [6.07, 6.45) is 1.74. The number of carbonyl (C=O) groups excluding carboxylic acids is 1. The largest absolute Gasteiger partial charge is 0.384 e. The number of anilines is 1. The summed E-state index contributed by atoms with van der Waals surface area (Å²) in [5, 5.41) is 18.1. The summed E-state index contributed by atoms with van der Waals surface area (Å²) in [5.74, 6) is -0.442. The molecule has 0 saturated carbocycles. The molecule has 1 aliphatic carbocycles. The first-order valence-electron chi connectivity index (χ1n) is 12.7. The number of hydrogen-bond donors (Lipinski definition) is 1. The average molecular weight is 553 g/mol. The van der Waals surface area contributed by atoms with Gasteiger partial charge in [0.2, 0.25) is 0 Å². The molecule has 0 spiro atoms. The van der Waals surface area contributed by atoms with Gasteiger partial charge >= 0.3 is 0 Å². The van der Waals surface area contributed by atoms with Crippen LogP contribution in [-0.2, 0) is 4.79 Å². The number of benzene rings is 2. The van der Waals surface area contributed by atoms with Crippen molar-refractivity contribution in [3.05, 3.63) is 105 Å². The van der Waals surface area contributed by atoms with Gasteiger partial charge < -0.3 is 5.73 Å². The van der Waals surface area contributed by atoms with Gasteiger partial charge in [-0.2, -0.15) is 10.4 Å². The average Bonchev–Trinajstić information content (AvgIpc) is 3.53. The van der Waals surface area contributed by atoms with Crippen LogP contribution in [0.1, 0.15) is 42.0 Å². The number of nitrogens with zero attached hydrogens (tertiary/aromatic N) is 5. The Hall–Kier alpha value is -4.19. The fraction of sp³-hybridized carbons (Fsp3) is 0.200. The van der Waals surface area contributed by atoms with Gasteiger partial charge in [0.1, 0.15) is 11.0 Å². The van der Waals surface area contributed by atoms with Crippen molar-refractivity contribution in [2.75, 3.05) is 4.90 Å². The van der Waals surface area contributed by atoms with Crippen LogP contribution in [-0.4, -0.2) is 20.5 Å². The van der Waals surface area contributed by atoms with Crippen LogP contribution in [0.15, 0.2) is 82.6 Å². The molecule has 0 saturated heterocycles. The Bertz CT molecular complexity index is 1710. The van der Waals surface area contributed by atoms with Crippen molar-refractivity contribution in [3.8, 4) is 23.0 Å². The zero-order chi connectivity index (χ0) is 27.3. The molecule has 39 heavy (non-hydrogen) atoms. The highest BCUT2D eigenvalue weighted by Crippen LogP contribution is 2.49. The molecule has 1 atom stereocenters. The molecule has 0 radical (unpaired) electrons. The summed E-state index contributed by atoms with van der Waals surface area (Å²) < 4.78 is 1.66. The van der Waals surface area contributed by atoms with Gasteiger partial charge in [0.15, 0.2) is 10.9 Å². The minimum absolute atomic E-state index is 0.00936. The van der Waals surface area contributed by atoms with Gasteiger partial charge in [0.25, 0.3) is 0 Å². The maximum atomic E-state index is 13.6. The first-order chi connectivity index (χ1) is 18.9. The molecule has 2 N–H and O–H groups in total. The van der Waals surface area contributed by atoms with Crippen molar-refractivity contribution in [2.45, 2.75) is 39.0 Å². The number of nitrogens with two attached hydrogens (primary N) is 1. The first-order valence-corrected chi connectivity index (χ1v) is 13.9. The van der Waals surface area contributed by atoms with Crippen molar-refractivity contribution in [1.82, 2.24) is 14.8 Å². The van der Waals surface area contributed by atoms with E-state index in [0.717, 1.165) is 28.2 Å². The highest BCUT2D eigenvalue weighted by Gasteiger charge is 2.43. The van der Waals surface area contributed by atoms with E-state index in [2.05, 4.69) is 6.07 Å². The normalized spacial score (nSPS) is 17.4. The number of carbonyl (C=O) groups is 1. The van der Waals surface area contributed by atoms with E-state index in [9.17, 15) is 10.1 Å². The number of aryl methyl sites for hydroxylation is 2. The monoisotopic (exact) mass is 552 g/mol. The molecule has 1 aliphatic heterocycles. The lowest BCUT2D eigenvalue weighted by Gasteiger charge is -2.38. The minimum atomic E-state index is -0.700. The number of Topliss-reactive ketones (excluding diaryl/α,β-unsaturated/α-hetero) is 1. The Morgan fingerprint density at radius 2 is 1.85 bits per heavy atom. The third kappa shape index (κ3) is 4.15. The third-order valence-corrected chi connectivity index (χ3v) is 8.47. The second-order valence-electron chi connectivity index (χ2n) is 9.73. The molecule has 7 nitrogen and oxygen atoms in total. The van der Waals surface area contributed by atoms with Crippen LogP contribution in [0.4, 0.5) is 5.13 Å². The lowest BCUT2D eigenvalue weighted by Crippen LogP contribution is -2.38. The van der Waals surface area contributed by atoms with Crippen LogP contribution in [0.3, 0.4) is 0 Å². The second-order valence-corrected chi connectivity index (χ2v) is 10.9. The van der Waals surface area contributed by atoms with Crippen LogP contribution in [0, 0.1) is 25.2 Å². The predicted octanol–water partition coefficient (Wildman–Crippen LogP) is 6.57. The zero-order valence-corrected chi connectivity index (χ0v) is 23.1. The van der Waals surface area contributed by atoms with E-state index in [1.165, 1.54) is 11.3 Å². The van der Waals surface area contributed by atoms with E-state index in [1.807, 2.05) is 73.8 Å². The van der Waals surface area contributed by atoms with E-state index >= 15 is 0 Å². The zero-order valence-electron chi connectivity index (χ0n) is 21.5. The molecular weight excluding hydrogens is 528 g/mol. The highest BCUT2D eigenvalue weighted by molar-refractivity contribution is 7.14. The molecular formula is C30H25ClN6OS. The number of thiazole rings is 1. The Balaban J connectivity index is 1.52. The number of allylic oxidation sites excluding steroid dienone is 3. The Kier molecular flexibility index (Phi) is 6.34. The molecule has 2 aromatic heterocycles. The molecule has 194 valence electrons. The van der Waals surface area contributed by atoms with Crippen LogP contribution in [0.25, 0.3) is 16.9 Å². The standard InChI is InChI=1S/C30H25ClN6OS/c1-17-11-13-20(14-12-17)37-28(31)25(18(2)35-37)26-21(15-32)29(33)36(23-9-6-10-24(38)27(23)26)30-34-22(16-39-30)19-7-4-3-5-8-19/h3-5,7-8,11-14,16,26H,6,9-10,33H2,1-2H3. The van der Waals surface area contributed by atoms with Crippen molar-refractivity contribution in [3.63, 3.8) is 0 Å². The summed E-state index contributed by atoms with van der Waals surface area (Å²) >= 11 is 8.41.